The van der Waals surface area contributed by atoms with E-state index in [0.29, 0.717) is 25.0 Å². The number of benzene rings is 1. The summed E-state index contributed by atoms with van der Waals surface area (Å²) in [5.74, 6) is -0.779. The van der Waals surface area contributed by atoms with Crippen LogP contribution in [-0.2, 0) is 6.42 Å². The predicted molar refractivity (Wildman–Crippen MR) is 101 cm³/mol. The molecule has 3 aromatic rings. The van der Waals surface area contributed by atoms with Gasteiger partial charge in [-0.3, -0.25) is 9.59 Å². The number of amides is 1. The summed E-state index contributed by atoms with van der Waals surface area (Å²) in [5.41, 5.74) is 2.17. The lowest BCUT2D eigenvalue weighted by atomic mass is 10.0. The molecule has 1 fully saturated rings. The maximum absolute atomic E-state index is 14.4. The zero-order chi connectivity index (χ0) is 18.8. The lowest BCUT2D eigenvalue weighted by molar-refractivity contribution is 0.0761. The normalized spacial score (nSPS) is 15.1. The van der Waals surface area contributed by atoms with Gasteiger partial charge in [0.05, 0.1) is 5.56 Å². The minimum absolute atomic E-state index is 0.0996. The summed E-state index contributed by atoms with van der Waals surface area (Å²) in [5, 5.41) is 3.24. The Balaban J connectivity index is 1.63. The van der Waals surface area contributed by atoms with Crippen molar-refractivity contribution in [2.75, 3.05) is 26.2 Å². The molecule has 1 saturated heterocycles. The van der Waals surface area contributed by atoms with Crippen molar-refractivity contribution in [3.63, 3.8) is 0 Å². The van der Waals surface area contributed by atoms with Gasteiger partial charge in [0, 0.05) is 44.1 Å². The zero-order valence-corrected chi connectivity index (χ0v) is 14.9. The van der Waals surface area contributed by atoms with E-state index in [1.54, 1.807) is 35.4 Å². The number of hydrogen-bond donors (Lipinski definition) is 2. The number of hydrogen-bond acceptors (Lipinski definition) is 3. The van der Waals surface area contributed by atoms with Gasteiger partial charge in [0.1, 0.15) is 11.3 Å². The zero-order valence-electron chi connectivity index (χ0n) is 14.9. The first-order valence-corrected chi connectivity index (χ1v) is 9.09. The molecule has 7 heteroatoms. The van der Waals surface area contributed by atoms with Gasteiger partial charge in [0.2, 0.25) is 0 Å². The molecule has 2 N–H and O–H groups in total. The number of nitrogens with one attached hydrogen (secondary N) is 2. The third-order valence-electron chi connectivity index (χ3n) is 4.93. The Bertz CT molecular complexity index is 1030. The van der Waals surface area contributed by atoms with E-state index in [1.807, 2.05) is 10.6 Å². The third-order valence-corrected chi connectivity index (χ3v) is 4.93. The number of carbonyl (C=O) groups excluding carboxylic acids is 1. The Hall–Kier alpha value is -2.93. The smallest absolute Gasteiger partial charge is 0.272 e. The summed E-state index contributed by atoms with van der Waals surface area (Å²) in [6.45, 7) is 2.78. The van der Waals surface area contributed by atoms with Crippen LogP contribution in [0.25, 0.3) is 5.52 Å². The highest BCUT2D eigenvalue weighted by Crippen LogP contribution is 2.17. The molecule has 0 saturated carbocycles. The minimum Gasteiger partial charge on any atom is -0.337 e. The molecule has 3 heterocycles. The Labute approximate surface area is 155 Å². The molecule has 0 bridgehead atoms. The van der Waals surface area contributed by atoms with Gasteiger partial charge in [-0.2, -0.15) is 0 Å². The van der Waals surface area contributed by atoms with Crippen molar-refractivity contribution in [1.82, 2.24) is 19.6 Å². The van der Waals surface area contributed by atoms with Gasteiger partial charge >= 0.3 is 0 Å². The monoisotopic (exact) mass is 368 g/mol. The van der Waals surface area contributed by atoms with Crippen molar-refractivity contribution in [2.45, 2.75) is 12.8 Å². The summed E-state index contributed by atoms with van der Waals surface area (Å²) >= 11 is 0. The maximum atomic E-state index is 14.4. The number of halogens is 1. The average molecular weight is 368 g/mol. The first-order chi connectivity index (χ1) is 13.1. The Morgan fingerprint density at radius 2 is 2.07 bits per heavy atom. The van der Waals surface area contributed by atoms with Gasteiger partial charge in [0.25, 0.3) is 11.5 Å². The highest BCUT2D eigenvalue weighted by Gasteiger charge is 2.21. The van der Waals surface area contributed by atoms with E-state index in [0.717, 1.165) is 30.8 Å². The number of H-pyrrole nitrogens is 1. The van der Waals surface area contributed by atoms with Crippen molar-refractivity contribution in [1.29, 1.82) is 0 Å². The van der Waals surface area contributed by atoms with E-state index in [1.165, 1.54) is 6.07 Å². The van der Waals surface area contributed by atoms with E-state index in [9.17, 15) is 14.0 Å². The molecule has 0 unspecified atom stereocenters. The van der Waals surface area contributed by atoms with Gasteiger partial charge in [-0.25, -0.2) is 4.39 Å². The second-order valence-corrected chi connectivity index (χ2v) is 6.76. The summed E-state index contributed by atoms with van der Waals surface area (Å²) in [4.78, 5) is 29.1. The van der Waals surface area contributed by atoms with Crippen LogP contribution in [0, 0.1) is 5.82 Å². The van der Waals surface area contributed by atoms with Crippen molar-refractivity contribution >= 4 is 11.4 Å². The summed E-state index contributed by atoms with van der Waals surface area (Å²) in [6, 6.07) is 8.19. The molecule has 1 aromatic carbocycles. The Morgan fingerprint density at radius 3 is 2.96 bits per heavy atom. The van der Waals surface area contributed by atoms with Crippen LogP contribution in [-0.4, -0.2) is 46.4 Å². The van der Waals surface area contributed by atoms with Crippen molar-refractivity contribution in [2.24, 2.45) is 0 Å². The fourth-order valence-electron chi connectivity index (χ4n) is 3.52. The number of carbonyl (C=O) groups is 1. The molecule has 2 aromatic heterocycles. The van der Waals surface area contributed by atoms with E-state index < -0.39 is 5.82 Å². The number of aromatic amines is 1. The van der Waals surface area contributed by atoms with E-state index in [-0.39, 0.29) is 17.0 Å². The molecular formula is C20H21FN4O2. The maximum Gasteiger partial charge on any atom is 0.272 e. The van der Waals surface area contributed by atoms with E-state index >= 15 is 0 Å². The first kappa shape index (κ1) is 17.5. The minimum atomic E-state index is -0.506. The molecule has 0 spiro atoms. The fourth-order valence-corrected chi connectivity index (χ4v) is 3.52. The molecule has 1 amide bonds. The average Bonchev–Trinajstić information content (AvgIpc) is 3.02. The van der Waals surface area contributed by atoms with Crippen LogP contribution in [0.1, 0.15) is 28.0 Å². The molecule has 140 valence electrons. The highest BCUT2D eigenvalue weighted by atomic mass is 19.1. The lowest BCUT2D eigenvalue weighted by Gasteiger charge is -2.20. The third kappa shape index (κ3) is 3.50. The largest absolute Gasteiger partial charge is 0.337 e. The van der Waals surface area contributed by atoms with Crippen molar-refractivity contribution < 1.29 is 9.18 Å². The SMILES string of the molecule is O=C(c1cc(Cc2c[nH]c(=O)c3cccn23)ccc1F)N1CCCNCC1. The summed E-state index contributed by atoms with van der Waals surface area (Å²) in [7, 11) is 0. The standard InChI is InChI=1S/C20H21FN4O2/c21-17-5-4-14(11-15-13-23-19(26)18-3-1-9-25(15)18)12-16(17)20(27)24-8-2-6-22-7-10-24/h1,3-5,9,12-13,22H,2,6-8,10-11H2,(H,23,26). The Morgan fingerprint density at radius 1 is 1.19 bits per heavy atom. The van der Waals surface area contributed by atoms with Gasteiger partial charge < -0.3 is 19.6 Å². The van der Waals surface area contributed by atoms with Gasteiger partial charge in [-0.1, -0.05) is 6.07 Å². The second-order valence-electron chi connectivity index (χ2n) is 6.76. The molecule has 1 aliphatic heterocycles. The van der Waals surface area contributed by atoms with Gasteiger partial charge in [-0.05, 0) is 42.8 Å². The molecule has 0 aliphatic carbocycles. The topological polar surface area (TPSA) is 69.6 Å². The number of rotatable bonds is 3. The quantitative estimate of drug-likeness (QED) is 0.741. The second kappa shape index (κ2) is 7.36. The highest BCUT2D eigenvalue weighted by molar-refractivity contribution is 5.94. The summed E-state index contributed by atoms with van der Waals surface area (Å²) in [6.07, 6.45) is 4.81. The van der Waals surface area contributed by atoms with Crippen LogP contribution in [0.5, 0.6) is 0 Å². The molecule has 4 rings (SSSR count). The number of fused-ring (bicyclic) bond motifs is 1. The number of aromatic nitrogens is 2. The molecular weight excluding hydrogens is 347 g/mol. The van der Waals surface area contributed by atoms with Crippen LogP contribution in [0.15, 0.2) is 47.5 Å². The van der Waals surface area contributed by atoms with Crippen molar-refractivity contribution in [3.05, 3.63) is 75.7 Å². The molecule has 27 heavy (non-hydrogen) atoms. The van der Waals surface area contributed by atoms with Crippen LogP contribution >= 0.6 is 0 Å². The van der Waals surface area contributed by atoms with Crippen LogP contribution in [0.3, 0.4) is 0 Å². The van der Waals surface area contributed by atoms with E-state index in [4.69, 9.17) is 0 Å². The summed E-state index contributed by atoms with van der Waals surface area (Å²) < 4.78 is 16.2. The molecule has 0 radical (unpaired) electrons. The fraction of sp³-hybridized carbons (Fsp3) is 0.300. The lowest BCUT2D eigenvalue weighted by Crippen LogP contribution is -2.34. The van der Waals surface area contributed by atoms with Crippen LogP contribution in [0.2, 0.25) is 0 Å². The molecule has 1 aliphatic rings. The van der Waals surface area contributed by atoms with Gasteiger partial charge in [-0.15, -0.1) is 0 Å². The Kier molecular flexibility index (Phi) is 4.77. The van der Waals surface area contributed by atoms with Crippen LogP contribution in [0.4, 0.5) is 4.39 Å². The van der Waals surface area contributed by atoms with E-state index in [2.05, 4.69) is 10.3 Å². The van der Waals surface area contributed by atoms with Crippen molar-refractivity contribution in [3.8, 4) is 0 Å². The molecule has 6 nitrogen and oxygen atoms in total. The molecule has 0 atom stereocenters. The van der Waals surface area contributed by atoms with Gasteiger partial charge in [0.15, 0.2) is 0 Å². The predicted octanol–water partition coefficient (Wildman–Crippen LogP) is 1.79. The van der Waals surface area contributed by atoms with Crippen LogP contribution < -0.4 is 10.9 Å². The first-order valence-electron chi connectivity index (χ1n) is 9.09. The number of nitrogens with zero attached hydrogens (tertiary/aromatic N) is 2.